The summed E-state index contributed by atoms with van der Waals surface area (Å²) >= 11 is 3.26. The lowest BCUT2D eigenvalue weighted by atomic mass is 10.1. The van der Waals surface area contributed by atoms with Gasteiger partial charge in [-0.15, -0.1) is 0 Å². The van der Waals surface area contributed by atoms with E-state index in [1.54, 1.807) is 18.1 Å². The third-order valence-electron chi connectivity index (χ3n) is 1.97. The highest BCUT2D eigenvalue weighted by molar-refractivity contribution is 8.01. The molecule has 0 spiro atoms. The van der Waals surface area contributed by atoms with Crippen molar-refractivity contribution in [2.24, 2.45) is 5.92 Å². The van der Waals surface area contributed by atoms with E-state index in [2.05, 4.69) is 35.4 Å². The summed E-state index contributed by atoms with van der Waals surface area (Å²) < 4.78 is 5.05. The van der Waals surface area contributed by atoms with Crippen LogP contribution in [0.4, 0.5) is 0 Å². The van der Waals surface area contributed by atoms with Gasteiger partial charge in [0.25, 0.3) is 0 Å². The molecule has 5 heteroatoms. The Bertz CT molecular complexity index is 249. The van der Waals surface area contributed by atoms with Gasteiger partial charge in [-0.1, -0.05) is 32.5 Å². The monoisotopic (exact) mass is 245 g/mol. The summed E-state index contributed by atoms with van der Waals surface area (Å²) in [6.07, 6.45) is 2.86. The quantitative estimate of drug-likeness (QED) is 0.592. The van der Waals surface area contributed by atoms with E-state index in [1.165, 1.54) is 18.0 Å². The fourth-order valence-electron chi connectivity index (χ4n) is 1.12. The molecule has 0 fully saturated rings. The van der Waals surface area contributed by atoms with Crippen molar-refractivity contribution in [3.63, 3.8) is 0 Å². The summed E-state index contributed by atoms with van der Waals surface area (Å²) in [4.78, 5) is 4.16. The van der Waals surface area contributed by atoms with Crippen LogP contribution in [0.5, 0.6) is 0 Å². The number of thioether (sulfide) groups is 1. The fourth-order valence-corrected chi connectivity index (χ4v) is 2.85. The van der Waals surface area contributed by atoms with Gasteiger partial charge in [0.2, 0.25) is 0 Å². The normalized spacial score (nSPS) is 13.3. The van der Waals surface area contributed by atoms with Gasteiger partial charge in [-0.2, -0.15) is 4.37 Å². The Kier molecular flexibility index (Phi) is 6.20. The van der Waals surface area contributed by atoms with Gasteiger partial charge >= 0.3 is 0 Å². The predicted octanol–water partition coefficient (Wildman–Crippen LogP) is 2.65. The first-order valence-electron chi connectivity index (χ1n) is 5.32. The van der Waals surface area contributed by atoms with Crippen molar-refractivity contribution in [3.8, 4) is 0 Å². The van der Waals surface area contributed by atoms with Crippen LogP contribution in [-0.2, 0) is 0 Å². The average Bonchev–Trinajstić information content (AvgIpc) is 2.64. The van der Waals surface area contributed by atoms with Crippen LogP contribution in [-0.4, -0.2) is 27.7 Å². The first kappa shape index (κ1) is 12.9. The molecule has 1 atom stereocenters. The summed E-state index contributed by atoms with van der Waals surface area (Å²) in [6, 6.07) is 0. The van der Waals surface area contributed by atoms with Crippen LogP contribution in [0.25, 0.3) is 0 Å². The van der Waals surface area contributed by atoms with Gasteiger partial charge < -0.3 is 5.32 Å². The van der Waals surface area contributed by atoms with Gasteiger partial charge in [-0.3, -0.25) is 0 Å². The molecular weight excluding hydrogens is 226 g/mol. The maximum atomic E-state index is 4.16. The van der Waals surface area contributed by atoms with Gasteiger partial charge in [-0.05, 0) is 30.4 Å². The zero-order chi connectivity index (χ0) is 11.1. The molecule has 0 aliphatic carbocycles. The van der Waals surface area contributed by atoms with Crippen molar-refractivity contribution in [2.45, 2.75) is 36.8 Å². The van der Waals surface area contributed by atoms with Gasteiger partial charge in [0, 0.05) is 11.8 Å². The minimum atomic E-state index is 0.560. The smallest absolute Gasteiger partial charge is 0.170 e. The second-order valence-corrected chi connectivity index (χ2v) is 6.49. The Morgan fingerprint density at radius 3 is 2.87 bits per heavy atom. The maximum Gasteiger partial charge on any atom is 0.170 e. The molecule has 0 aliphatic heterocycles. The van der Waals surface area contributed by atoms with Gasteiger partial charge in [0.05, 0.1) is 0 Å². The van der Waals surface area contributed by atoms with Crippen molar-refractivity contribution < 1.29 is 0 Å². The fraction of sp³-hybridized carbons (Fsp3) is 0.800. The van der Waals surface area contributed by atoms with Crippen LogP contribution >= 0.6 is 23.3 Å². The zero-order valence-electron chi connectivity index (χ0n) is 9.56. The molecular formula is C10H19N3S2. The van der Waals surface area contributed by atoms with Crippen molar-refractivity contribution in [1.29, 1.82) is 0 Å². The molecule has 1 unspecified atom stereocenters. The number of hydrogen-bond donors (Lipinski definition) is 1. The number of nitrogens with zero attached hydrogens (tertiary/aromatic N) is 2. The van der Waals surface area contributed by atoms with E-state index in [0.717, 1.165) is 23.3 Å². The molecule has 1 aromatic heterocycles. The van der Waals surface area contributed by atoms with E-state index >= 15 is 0 Å². The Morgan fingerprint density at radius 1 is 1.47 bits per heavy atom. The third-order valence-corrected chi connectivity index (χ3v) is 3.82. The van der Waals surface area contributed by atoms with Gasteiger partial charge in [0.15, 0.2) is 4.34 Å². The number of aromatic nitrogens is 2. The van der Waals surface area contributed by atoms with Crippen molar-refractivity contribution in [2.75, 3.05) is 13.1 Å². The minimum absolute atomic E-state index is 0.560. The van der Waals surface area contributed by atoms with Crippen LogP contribution in [0.1, 0.15) is 27.2 Å². The van der Waals surface area contributed by atoms with Crippen molar-refractivity contribution in [3.05, 3.63) is 6.33 Å². The van der Waals surface area contributed by atoms with Gasteiger partial charge in [-0.25, -0.2) is 4.98 Å². The Morgan fingerprint density at radius 2 is 2.27 bits per heavy atom. The van der Waals surface area contributed by atoms with Gasteiger partial charge in [0.1, 0.15) is 6.33 Å². The molecule has 0 saturated carbocycles. The molecule has 1 N–H and O–H groups in total. The van der Waals surface area contributed by atoms with Crippen LogP contribution in [0, 0.1) is 5.92 Å². The largest absolute Gasteiger partial charge is 0.316 e. The van der Waals surface area contributed by atoms with E-state index in [9.17, 15) is 0 Å². The zero-order valence-corrected chi connectivity index (χ0v) is 11.2. The molecule has 1 heterocycles. The molecule has 0 aliphatic rings. The van der Waals surface area contributed by atoms with E-state index in [4.69, 9.17) is 0 Å². The predicted molar refractivity (Wildman–Crippen MR) is 67.6 cm³/mol. The lowest BCUT2D eigenvalue weighted by Gasteiger charge is -2.11. The first-order chi connectivity index (χ1) is 7.18. The van der Waals surface area contributed by atoms with Crippen molar-refractivity contribution in [1.82, 2.24) is 14.7 Å². The summed E-state index contributed by atoms with van der Waals surface area (Å²) in [6.45, 7) is 8.87. The molecule has 0 bridgehead atoms. The molecule has 15 heavy (non-hydrogen) atoms. The summed E-state index contributed by atoms with van der Waals surface area (Å²) in [7, 11) is 0. The number of nitrogens with one attached hydrogen (secondary N) is 1. The van der Waals surface area contributed by atoms with Crippen molar-refractivity contribution >= 4 is 23.3 Å². The summed E-state index contributed by atoms with van der Waals surface area (Å²) in [5, 5.41) is 4.02. The maximum absolute atomic E-state index is 4.16. The van der Waals surface area contributed by atoms with E-state index < -0.39 is 0 Å². The third kappa shape index (κ3) is 6.12. The number of rotatable bonds is 7. The molecule has 3 nitrogen and oxygen atoms in total. The SMILES string of the molecule is CC(C)CCNCC(C)Sc1ncns1. The van der Waals surface area contributed by atoms with Crippen LogP contribution < -0.4 is 5.32 Å². The van der Waals surface area contributed by atoms with E-state index in [-0.39, 0.29) is 0 Å². The highest BCUT2D eigenvalue weighted by Crippen LogP contribution is 2.22. The first-order valence-corrected chi connectivity index (χ1v) is 6.98. The van der Waals surface area contributed by atoms with E-state index in [1.807, 2.05) is 0 Å². The molecule has 0 amide bonds. The van der Waals surface area contributed by atoms with Crippen LogP contribution in [0.2, 0.25) is 0 Å². The lowest BCUT2D eigenvalue weighted by molar-refractivity contribution is 0.539. The highest BCUT2D eigenvalue weighted by atomic mass is 32.2. The minimum Gasteiger partial charge on any atom is -0.316 e. The molecule has 1 rings (SSSR count). The molecule has 0 radical (unpaired) electrons. The number of hydrogen-bond acceptors (Lipinski definition) is 5. The Labute approximate surface area is 100 Å². The van der Waals surface area contributed by atoms with Crippen LogP contribution in [0.3, 0.4) is 0 Å². The summed E-state index contributed by atoms with van der Waals surface area (Å²) in [5.41, 5.74) is 0. The highest BCUT2D eigenvalue weighted by Gasteiger charge is 2.06. The van der Waals surface area contributed by atoms with Crippen LogP contribution in [0.15, 0.2) is 10.7 Å². The van der Waals surface area contributed by atoms with E-state index in [0.29, 0.717) is 5.25 Å². The second-order valence-electron chi connectivity index (χ2n) is 4.02. The topological polar surface area (TPSA) is 37.8 Å². The second kappa shape index (κ2) is 7.19. The molecule has 1 aromatic rings. The summed E-state index contributed by atoms with van der Waals surface area (Å²) in [5.74, 6) is 0.781. The Hall–Kier alpha value is -0.130. The standard InChI is InChI=1S/C10H19N3S2/c1-8(2)4-5-11-6-9(3)14-10-12-7-13-15-10/h7-9,11H,4-6H2,1-3H3. The molecule has 0 aromatic carbocycles. The lowest BCUT2D eigenvalue weighted by Crippen LogP contribution is -2.24. The average molecular weight is 245 g/mol. The molecule has 86 valence electrons. The Balaban J connectivity index is 2.06. The molecule has 0 saturated heterocycles.